The third kappa shape index (κ3) is 6.71. The topological polar surface area (TPSA) is 118 Å². The maximum atomic E-state index is 12.2. The van der Waals surface area contributed by atoms with Crippen LogP contribution in [-0.2, 0) is 9.53 Å². The molecule has 31 heavy (non-hydrogen) atoms. The molecular formula is C22H26N4O5. The second-order valence-electron chi connectivity index (χ2n) is 6.93. The molecule has 1 aliphatic heterocycles. The van der Waals surface area contributed by atoms with Crippen molar-refractivity contribution in [2.75, 3.05) is 37.4 Å². The summed E-state index contributed by atoms with van der Waals surface area (Å²) in [6, 6.07) is 13.1. The number of methoxy groups -OCH3 is 1. The monoisotopic (exact) mass is 426 g/mol. The molecule has 2 aromatic rings. The van der Waals surface area contributed by atoms with Crippen LogP contribution in [0.15, 0.2) is 48.5 Å². The van der Waals surface area contributed by atoms with Gasteiger partial charge in [-0.15, -0.1) is 0 Å². The Balaban J connectivity index is 1.39. The number of anilines is 2. The Morgan fingerprint density at radius 1 is 0.935 bits per heavy atom. The van der Waals surface area contributed by atoms with Gasteiger partial charge < -0.3 is 30.7 Å². The van der Waals surface area contributed by atoms with Gasteiger partial charge in [-0.25, -0.2) is 4.79 Å². The number of urea groups is 1. The maximum absolute atomic E-state index is 12.2. The van der Waals surface area contributed by atoms with E-state index in [-0.39, 0.29) is 17.9 Å². The minimum Gasteiger partial charge on any atom is -0.497 e. The minimum atomic E-state index is -0.399. The van der Waals surface area contributed by atoms with Gasteiger partial charge in [0, 0.05) is 36.6 Å². The number of nitrogens with one attached hydrogen (secondary N) is 4. The van der Waals surface area contributed by atoms with Crippen LogP contribution in [0.1, 0.15) is 23.2 Å². The summed E-state index contributed by atoms with van der Waals surface area (Å²) in [5, 5.41) is 10.9. The molecule has 9 nitrogen and oxygen atoms in total. The molecule has 0 aromatic heterocycles. The third-order valence-electron chi connectivity index (χ3n) is 4.68. The van der Waals surface area contributed by atoms with Crippen LogP contribution in [0.5, 0.6) is 5.75 Å². The fraction of sp³-hybridized carbons (Fsp3) is 0.318. The molecule has 4 amide bonds. The Bertz CT molecular complexity index is 893. The summed E-state index contributed by atoms with van der Waals surface area (Å²) in [4.78, 5) is 36.2. The van der Waals surface area contributed by atoms with Gasteiger partial charge in [-0.2, -0.15) is 0 Å². The second-order valence-corrected chi connectivity index (χ2v) is 6.93. The molecule has 0 radical (unpaired) electrons. The number of benzene rings is 2. The number of carbonyl (C=O) groups is 3. The van der Waals surface area contributed by atoms with Gasteiger partial charge in [-0.1, -0.05) is 0 Å². The highest BCUT2D eigenvalue weighted by molar-refractivity contribution is 6.00. The van der Waals surface area contributed by atoms with Gasteiger partial charge in [0.2, 0.25) is 5.91 Å². The average Bonchev–Trinajstić information content (AvgIpc) is 3.32. The van der Waals surface area contributed by atoms with Gasteiger partial charge in [0.15, 0.2) is 0 Å². The van der Waals surface area contributed by atoms with E-state index in [4.69, 9.17) is 9.47 Å². The van der Waals surface area contributed by atoms with E-state index in [2.05, 4.69) is 21.3 Å². The Hall–Kier alpha value is -3.59. The summed E-state index contributed by atoms with van der Waals surface area (Å²) in [7, 11) is 1.57. The minimum absolute atomic E-state index is 0.143. The predicted octanol–water partition coefficient (Wildman–Crippen LogP) is 2.36. The Morgan fingerprint density at radius 2 is 1.55 bits per heavy atom. The highest BCUT2D eigenvalue weighted by Gasteiger charge is 2.22. The van der Waals surface area contributed by atoms with E-state index in [1.54, 1.807) is 55.6 Å². The van der Waals surface area contributed by atoms with Crippen molar-refractivity contribution >= 4 is 29.2 Å². The van der Waals surface area contributed by atoms with Crippen LogP contribution >= 0.6 is 0 Å². The fourth-order valence-electron chi connectivity index (χ4n) is 3.03. The Kier molecular flexibility index (Phi) is 7.83. The van der Waals surface area contributed by atoms with E-state index in [9.17, 15) is 14.4 Å². The van der Waals surface area contributed by atoms with Crippen molar-refractivity contribution in [1.82, 2.24) is 10.6 Å². The lowest BCUT2D eigenvalue weighted by molar-refractivity contribution is -0.129. The molecule has 1 heterocycles. The summed E-state index contributed by atoms with van der Waals surface area (Å²) in [6.45, 7) is 1.25. The van der Waals surface area contributed by atoms with E-state index < -0.39 is 6.03 Å². The number of hydrogen-bond donors (Lipinski definition) is 4. The third-order valence-corrected chi connectivity index (χ3v) is 4.68. The van der Waals surface area contributed by atoms with Crippen LogP contribution in [0.25, 0.3) is 0 Å². The van der Waals surface area contributed by atoms with Gasteiger partial charge in [0.1, 0.15) is 11.9 Å². The molecule has 4 N–H and O–H groups in total. The zero-order chi connectivity index (χ0) is 22.1. The van der Waals surface area contributed by atoms with Crippen LogP contribution in [0, 0.1) is 0 Å². The second kappa shape index (κ2) is 11.0. The van der Waals surface area contributed by atoms with Crippen LogP contribution < -0.4 is 26.0 Å². The first-order valence-electron chi connectivity index (χ1n) is 10.0. The number of rotatable bonds is 8. The molecule has 1 atom stereocenters. The van der Waals surface area contributed by atoms with Crippen molar-refractivity contribution in [1.29, 1.82) is 0 Å². The summed E-state index contributed by atoms with van der Waals surface area (Å²) in [6.07, 6.45) is 1.25. The standard InChI is InChI=1S/C22H26N4O5/c1-30-18-10-8-17(9-11-18)26-22(29)25-16-6-4-15(5-7-16)20(27)23-12-13-24-21(28)19-3-2-14-31-19/h4-11,19H,2-3,12-14H2,1H3,(H,23,27)(H,24,28)(H2,25,26,29). The van der Waals surface area contributed by atoms with E-state index in [0.29, 0.717) is 42.4 Å². The van der Waals surface area contributed by atoms with Crippen molar-refractivity contribution in [3.05, 3.63) is 54.1 Å². The smallest absolute Gasteiger partial charge is 0.323 e. The Morgan fingerprint density at radius 3 is 2.13 bits per heavy atom. The number of carbonyl (C=O) groups excluding carboxylic acids is 3. The Labute approximate surface area is 180 Å². The summed E-state index contributed by atoms with van der Waals surface area (Å²) < 4.78 is 10.4. The largest absolute Gasteiger partial charge is 0.497 e. The summed E-state index contributed by atoms with van der Waals surface area (Å²) >= 11 is 0. The van der Waals surface area contributed by atoms with Gasteiger partial charge in [-0.05, 0) is 61.4 Å². The van der Waals surface area contributed by atoms with Gasteiger partial charge in [0.05, 0.1) is 7.11 Å². The van der Waals surface area contributed by atoms with Crippen molar-refractivity contribution in [3.63, 3.8) is 0 Å². The molecule has 164 valence electrons. The lowest BCUT2D eigenvalue weighted by Gasteiger charge is -2.11. The zero-order valence-corrected chi connectivity index (χ0v) is 17.3. The molecule has 3 rings (SSSR count). The van der Waals surface area contributed by atoms with Crippen LogP contribution in [0.4, 0.5) is 16.2 Å². The molecular weight excluding hydrogens is 400 g/mol. The predicted molar refractivity (Wildman–Crippen MR) is 116 cm³/mol. The van der Waals surface area contributed by atoms with E-state index in [1.807, 2.05) is 0 Å². The first-order chi connectivity index (χ1) is 15.0. The molecule has 1 unspecified atom stereocenters. The lowest BCUT2D eigenvalue weighted by atomic mass is 10.2. The van der Waals surface area contributed by atoms with Crippen LogP contribution in [-0.4, -0.2) is 50.8 Å². The van der Waals surface area contributed by atoms with Gasteiger partial charge in [0.25, 0.3) is 5.91 Å². The van der Waals surface area contributed by atoms with Gasteiger partial charge in [-0.3, -0.25) is 9.59 Å². The van der Waals surface area contributed by atoms with Crippen molar-refractivity contribution < 1.29 is 23.9 Å². The maximum Gasteiger partial charge on any atom is 0.323 e. The lowest BCUT2D eigenvalue weighted by Crippen LogP contribution is -2.39. The highest BCUT2D eigenvalue weighted by atomic mass is 16.5. The van der Waals surface area contributed by atoms with Crippen molar-refractivity contribution in [2.45, 2.75) is 18.9 Å². The van der Waals surface area contributed by atoms with Crippen molar-refractivity contribution in [2.24, 2.45) is 0 Å². The van der Waals surface area contributed by atoms with E-state index in [1.165, 1.54) is 0 Å². The zero-order valence-electron chi connectivity index (χ0n) is 17.3. The molecule has 0 aliphatic carbocycles. The van der Waals surface area contributed by atoms with E-state index >= 15 is 0 Å². The number of hydrogen-bond acceptors (Lipinski definition) is 5. The van der Waals surface area contributed by atoms with Crippen molar-refractivity contribution in [3.8, 4) is 5.75 Å². The highest BCUT2D eigenvalue weighted by Crippen LogP contribution is 2.16. The first kappa shape index (κ1) is 22.1. The normalized spacial score (nSPS) is 15.1. The molecule has 0 bridgehead atoms. The quantitative estimate of drug-likeness (QED) is 0.484. The molecule has 0 saturated carbocycles. The molecule has 0 spiro atoms. The molecule has 1 aliphatic rings. The summed E-state index contributed by atoms with van der Waals surface area (Å²) in [5.41, 5.74) is 1.62. The van der Waals surface area contributed by atoms with Crippen LogP contribution in [0.3, 0.4) is 0 Å². The fourth-order valence-corrected chi connectivity index (χ4v) is 3.03. The first-order valence-corrected chi connectivity index (χ1v) is 10.0. The van der Waals surface area contributed by atoms with Crippen LogP contribution in [0.2, 0.25) is 0 Å². The number of ether oxygens (including phenoxy) is 2. The van der Waals surface area contributed by atoms with Gasteiger partial charge >= 0.3 is 6.03 Å². The SMILES string of the molecule is COc1ccc(NC(=O)Nc2ccc(C(=O)NCCNC(=O)C3CCCO3)cc2)cc1. The number of amides is 4. The average molecular weight is 426 g/mol. The molecule has 1 saturated heterocycles. The summed E-state index contributed by atoms with van der Waals surface area (Å²) in [5.74, 6) is 0.292. The molecule has 2 aromatic carbocycles. The molecule has 9 heteroatoms. The molecule has 1 fully saturated rings. The van der Waals surface area contributed by atoms with E-state index in [0.717, 1.165) is 12.8 Å².